The number of methoxy groups -OCH3 is 1. The van der Waals surface area contributed by atoms with E-state index in [0.717, 1.165) is 17.7 Å². The minimum atomic E-state index is -0.537. The maximum absolute atomic E-state index is 11.7. The summed E-state index contributed by atoms with van der Waals surface area (Å²) in [6, 6.07) is 7.82. The molecule has 0 bridgehead atoms. The highest BCUT2D eigenvalue weighted by Gasteiger charge is 2.30. The third-order valence-corrected chi connectivity index (χ3v) is 3.30. The van der Waals surface area contributed by atoms with Crippen molar-refractivity contribution in [3.8, 4) is 0 Å². The van der Waals surface area contributed by atoms with Crippen LogP contribution in [0.4, 0.5) is 0 Å². The average Bonchev–Trinajstić information content (AvgIpc) is 2.37. The standard InChI is InChI=1S/C15H22N2O2S/c1-15(2,14(18)19-4)10-17(3)9-11-6-5-7-12(8-11)13(16)20/h5-8H,9-10H2,1-4H3,(H2,16,20). The van der Waals surface area contributed by atoms with Crippen molar-refractivity contribution >= 4 is 23.2 Å². The van der Waals surface area contributed by atoms with Crippen molar-refractivity contribution in [3.63, 3.8) is 0 Å². The molecule has 0 aliphatic rings. The van der Waals surface area contributed by atoms with Gasteiger partial charge in [0.25, 0.3) is 0 Å². The summed E-state index contributed by atoms with van der Waals surface area (Å²) in [5.41, 5.74) is 7.06. The Bertz CT molecular complexity index is 500. The summed E-state index contributed by atoms with van der Waals surface area (Å²) in [6.45, 7) is 5.08. The lowest BCUT2D eigenvalue weighted by Gasteiger charge is -2.27. The van der Waals surface area contributed by atoms with E-state index in [1.54, 1.807) is 0 Å². The number of carbonyl (C=O) groups excluding carboxylic acids is 1. The summed E-state index contributed by atoms with van der Waals surface area (Å²) in [5.74, 6) is -0.207. The van der Waals surface area contributed by atoms with Crippen LogP contribution in [0.15, 0.2) is 24.3 Å². The molecule has 0 saturated heterocycles. The molecule has 0 spiro atoms. The number of rotatable bonds is 6. The molecule has 0 unspecified atom stereocenters. The van der Waals surface area contributed by atoms with Crippen LogP contribution in [-0.4, -0.2) is 36.6 Å². The largest absolute Gasteiger partial charge is 0.469 e. The number of benzene rings is 1. The second-order valence-corrected chi connectivity index (χ2v) is 6.05. The molecule has 2 N–H and O–H groups in total. The first-order valence-corrected chi connectivity index (χ1v) is 6.83. The predicted molar refractivity (Wildman–Crippen MR) is 84.5 cm³/mol. The number of nitrogens with two attached hydrogens (primary N) is 1. The molecule has 0 aliphatic carbocycles. The Morgan fingerprint density at radius 3 is 2.65 bits per heavy atom. The van der Waals surface area contributed by atoms with Crippen LogP contribution in [-0.2, 0) is 16.1 Å². The highest BCUT2D eigenvalue weighted by Crippen LogP contribution is 2.19. The number of thiocarbonyl (C=S) groups is 1. The van der Waals surface area contributed by atoms with Crippen LogP contribution in [0.2, 0.25) is 0 Å². The van der Waals surface area contributed by atoms with E-state index in [1.807, 2.05) is 45.2 Å². The Kier molecular flexibility index (Phi) is 5.65. The van der Waals surface area contributed by atoms with Crippen LogP contribution in [0.3, 0.4) is 0 Å². The number of hydrogen-bond acceptors (Lipinski definition) is 4. The molecule has 5 heteroatoms. The SMILES string of the molecule is COC(=O)C(C)(C)CN(C)Cc1cccc(C(N)=S)c1. The molecule has 0 aromatic heterocycles. The summed E-state index contributed by atoms with van der Waals surface area (Å²) < 4.78 is 4.82. The molecule has 0 amide bonds. The van der Waals surface area contributed by atoms with Gasteiger partial charge in [-0.15, -0.1) is 0 Å². The predicted octanol–water partition coefficient (Wildman–Crippen LogP) is 1.95. The number of carbonyl (C=O) groups is 1. The van der Waals surface area contributed by atoms with Gasteiger partial charge in [-0.3, -0.25) is 4.79 Å². The van der Waals surface area contributed by atoms with Gasteiger partial charge in [-0.2, -0.15) is 0 Å². The third-order valence-electron chi connectivity index (χ3n) is 3.07. The zero-order valence-electron chi connectivity index (χ0n) is 12.5. The number of hydrogen-bond donors (Lipinski definition) is 1. The lowest BCUT2D eigenvalue weighted by Crippen LogP contribution is -2.37. The minimum absolute atomic E-state index is 0.207. The van der Waals surface area contributed by atoms with Crippen molar-refractivity contribution in [3.05, 3.63) is 35.4 Å². The molecule has 1 aromatic rings. The zero-order chi connectivity index (χ0) is 15.3. The van der Waals surface area contributed by atoms with Gasteiger partial charge >= 0.3 is 5.97 Å². The molecule has 0 saturated carbocycles. The van der Waals surface area contributed by atoms with Gasteiger partial charge in [-0.25, -0.2) is 0 Å². The first-order chi connectivity index (χ1) is 9.26. The highest BCUT2D eigenvalue weighted by atomic mass is 32.1. The highest BCUT2D eigenvalue weighted by molar-refractivity contribution is 7.80. The topological polar surface area (TPSA) is 55.6 Å². The van der Waals surface area contributed by atoms with E-state index >= 15 is 0 Å². The van der Waals surface area contributed by atoms with E-state index < -0.39 is 5.41 Å². The fourth-order valence-electron chi connectivity index (χ4n) is 2.21. The second-order valence-electron chi connectivity index (χ2n) is 5.61. The van der Waals surface area contributed by atoms with Crippen LogP contribution in [0.5, 0.6) is 0 Å². The molecule has 0 aliphatic heterocycles. The average molecular weight is 294 g/mol. The molecule has 110 valence electrons. The molecule has 1 rings (SSSR count). The number of nitrogens with zero attached hydrogens (tertiary/aromatic N) is 1. The lowest BCUT2D eigenvalue weighted by atomic mass is 9.93. The van der Waals surface area contributed by atoms with Gasteiger partial charge in [-0.05, 0) is 32.5 Å². The summed E-state index contributed by atoms with van der Waals surface area (Å²) in [5, 5.41) is 0. The lowest BCUT2D eigenvalue weighted by molar-refractivity contribution is -0.151. The summed E-state index contributed by atoms with van der Waals surface area (Å²) in [7, 11) is 3.38. The second kappa shape index (κ2) is 6.81. The van der Waals surface area contributed by atoms with Crippen molar-refractivity contribution in [1.29, 1.82) is 0 Å². The van der Waals surface area contributed by atoms with Crippen LogP contribution in [0, 0.1) is 5.41 Å². The Morgan fingerprint density at radius 2 is 2.10 bits per heavy atom. The van der Waals surface area contributed by atoms with E-state index in [2.05, 4.69) is 4.90 Å². The quantitative estimate of drug-likeness (QED) is 0.642. The summed E-state index contributed by atoms with van der Waals surface area (Å²) in [6.07, 6.45) is 0. The van der Waals surface area contributed by atoms with Crippen LogP contribution in [0.25, 0.3) is 0 Å². The van der Waals surface area contributed by atoms with Crippen molar-refractivity contribution < 1.29 is 9.53 Å². The first kappa shape index (κ1) is 16.6. The van der Waals surface area contributed by atoms with E-state index in [0.29, 0.717) is 11.5 Å². The van der Waals surface area contributed by atoms with Gasteiger partial charge < -0.3 is 15.4 Å². The molecule has 0 fully saturated rings. The van der Waals surface area contributed by atoms with Gasteiger partial charge in [0.05, 0.1) is 12.5 Å². The normalized spacial score (nSPS) is 11.4. The molecular formula is C15H22N2O2S. The van der Waals surface area contributed by atoms with Crippen LogP contribution >= 0.6 is 12.2 Å². The maximum atomic E-state index is 11.7. The van der Waals surface area contributed by atoms with Crippen molar-refractivity contribution in [2.75, 3.05) is 20.7 Å². The molecule has 0 radical (unpaired) electrons. The Hall–Kier alpha value is -1.46. The smallest absolute Gasteiger partial charge is 0.312 e. The van der Waals surface area contributed by atoms with Gasteiger partial charge in [0.2, 0.25) is 0 Å². The zero-order valence-corrected chi connectivity index (χ0v) is 13.3. The Labute approximate surface area is 125 Å². The monoisotopic (exact) mass is 294 g/mol. The van der Waals surface area contributed by atoms with Gasteiger partial charge in [0.15, 0.2) is 0 Å². The number of ether oxygens (including phenoxy) is 1. The Morgan fingerprint density at radius 1 is 1.45 bits per heavy atom. The Balaban J connectivity index is 2.71. The fraction of sp³-hybridized carbons (Fsp3) is 0.467. The van der Waals surface area contributed by atoms with Crippen LogP contribution < -0.4 is 5.73 Å². The van der Waals surface area contributed by atoms with Gasteiger partial charge in [-0.1, -0.05) is 30.4 Å². The van der Waals surface area contributed by atoms with Gasteiger partial charge in [0, 0.05) is 18.7 Å². The minimum Gasteiger partial charge on any atom is -0.469 e. The van der Waals surface area contributed by atoms with Crippen LogP contribution in [0.1, 0.15) is 25.0 Å². The molecule has 20 heavy (non-hydrogen) atoms. The van der Waals surface area contributed by atoms with E-state index in [9.17, 15) is 4.79 Å². The fourth-order valence-corrected chi connectivity index (χ4v) is 2.33. The van der Waals surface area contributed by atoms with Crippen molar-refractivity contribution in [2.45, 2.75) is 20.4 Å². The third kappa shape index (κ3) is 4.58. The molecule has 0 atom stereocenters. The summed E-state index contributed by atoms with van der Waals surface area (Å²) in [4.78, 5) is 14.2. The van der Waals surface area contributed by atoms with Gasteiger partial charge in [0.1, 0.15) is 4.99 Å². The van der Waals surface area contributed by atoms with E-state index in [4.69, 9.17) is 22.7 Å². The van der Waals surface area contributed by atoms with Crippen molar-refractivity contribution in [1.82, 2.24) is 4.90 Å². The van der Waals surface area contributed by atoms with Crippen molar-refractivity contribution in [2.24, 2.45) is 11.1 Å². The summed E-state index contributed by atoms with van der Waals surface area (Å²) >= 11 is 4.98. The van der Waals surface area contributed by atoms with E-state index in [1.165, 1.54) is 7.11 Å². The molecule has 1 aromatic carbocycles. The van der Waals surface area contributed by atoms with E-state index in [-0.39, 0.29) is 5.97 Å². The first-order valence-electron chi connectivity index (χ1n) is 6.42. The maximum Gasteiger partial charge on any atom is 0.312 e. The molecule has 4 nitrogen and oxygen atoms in total. The molecule has 0 heterocycles. The molecular weight excluding hydrogens is 272 g/mol. The number of esters is 1.